The van der Waals surface area contributed by atoms with Crippen molar-refractivity contribution in [3.05, 3.63) is 0 Å². The maximum atomic E-state index is 12.2. The smallest absolute Gasteiger partial charge is 0.154 e. The van der Waals surface area contributed by atoms with Gasteiger partial charge in [0.1, 0.15) is 0 Å². The van der Waals surface area contributed by atoms with Crippen molar-refractivity contribution in [1.29, 1.82) is 0 Å². The van der Waals surface area contributed by atoms with E-state index < -0.39 is 9.84 Å². The standard InChI is InChI=1S/C15H31NO2S/c1-4-11-16-14(9-7-8-13(2)3)15-10-5-6-12-19(15,17)18/h13-16H,4-12H2,1-3H3. The van der Waals surface area contributed by atoms with Crippen molar-refractivity contribution in [1.82, 2.24) is 5.32 Å². The molecule has 0 aromatic heterocycles. The van der Waals surface area contributed by atoms with Gasteiger partial charge in [0, 0.05) is 6.04 Å². The van der Waals surface area contributed by atoms with Crippen molar-refractivity contribution in [3.8, 4) is 0 Å². The molecule has 2 atom stereocenters. The van der Waals surface area contributed by atoms with E-state index in [1.54, 1.807) is 0 Å². The summed E-state index contributed by atoms with van der Waals surface area (Å²) in [4.78, 5) is 0. The second-order valence-electron chi connectivity index (χ2n) is 6.29. The SMILES string of the molecule is CCCNC(CCCC(C)C)C1CCCCS1(=O)=O. The first-order valence-electron chi connectivity index (χ1n) is 7.92. The van der Waals surface area contributed by atoms with Crippen LogP contribution < -0.4 is 5.32 Å². The van der Waals surface area contributed by atoms with E-state index in [0.717, 1.165) is 45.1 Å². The molecule has 1 saturated heterocycles. The van der Waals surface area contributed by atoms with Crippen molar-refractivity contribution in [2.75, 3.05) is 12.3 Å². The van der Waals surface area contributed by atoms with Gasteiger partial charge in [0.15, 0.2) is 9.84 Å². The second-order valence-corrected chi connectivity index (χ2v) is 8.63. The van der Waals surface area contributed by atoms with Crippen LogP contribution in [0, 0.1) is 5.92 Å². The fourth-order valence-corrected chi connectivity index (χ4v) is 5.09. The zero-order valence-electron chi connectivity index (χ0n) is 12.8. The second kappa shape index (κ2) is 8.25. The average molecular weight is 289 g/mol. The van der Waals surface area contributed by atoms with Gasteiger partial charge in [-0.1, -0.05) is 40.0 Å². The Balaban J connectivity index is 2.60. The molecule has 1 heterocycles. The van der Waals surface area contributed by atoms with E-state index in [2.05, 4.69) is 26.1 Å². The molecule has 3 nitrogen and oxygen atoms in total. The molecule has 2 unspecified atom stereocenters. The molecule has 1 aliphatic heterocycles. The van der Waals surface area contributed by atoms with Crippen molar-refractivity contribution in [2.45, 2.75) is 77.0 Å². The third-order valence-corrected chi connectivity index (χ3v) is 6.38. The lowest BCUT2D eigenvalue weighted by molar-refractivity contribution is 0.394. The van der Waals surface area contributed by atoms with E-state index >= 15 is 0 Å². The summed E-state index contributed by atoms with van der Waals surface area (Å²) in [5.74, 6) is 1.10. The van der Waals surface area contributed by atoms with Crippen LogP contribution in [0.3, 0.4) is 0 Å². The summed E-state index contributed by atoms with van der Waals surface area (Å²) in [5.41, 5.74) is 0. The minimum atomic E-state index is -2.87. The molecule has 1 rings (SSSR count). The molecule has 1 fully saturated rings. The van der Waals surface area contributed by atoms with E-state index in [-0.39, 0.29) is 11.3 Å². The van der Waals surface area contributed by atoms with Gasteiger partial charge in [-0.05, 0) is 38.1 Å². The van der Waals surface area contributed by atoms with Crippen molar-refractivity contribution in [3.63, 3.8) is 0 Å². The Bertz CT molecular complexity index is 338. The zero-order chi connectivity index (χ0) is 14.3. The lowest BCUT2D eigenvalue weighted by Gasteiger charge is -2.31. The van der Waals surface area contributed by atoms with Gasteiger partial charge in [-0.2, -0.15) is 0 Å². The fourth-order valence-electron chi connectivity index (χ4n) is 2.93. The van der Waals surface area contributed by atoms with Gasteiger partial charge in [-0.25, -0.2) is 8.42 Å². The fraction of sp³-hybridized carbons (Fsp3) is 1.00. The van der Waals surface area contributed by atoms with Crippen LogP contribution in [0.15, 0.2) is 0 Å². The molecule has 0 amide bonds. The quantitative estimate of drug-likeness (QED) is 0.746. The Morgan fingerprint density at radius 2 is 1.95 bits per heavy atom. The van der Waals surface area contributed by atoms with Crippen LogP contribution in [0.5, 0.6) is 0 Å². The molecule has 0 saturated carbocycles. The molecular weight excluding hydrogens is 258 g/mol. The van der Waals surface area contributed by atoms with E-state index in [1.165, 1.54) is 6.42 Å². The maximum Gasteiger partial charge on any atom is 0.154 e. The minimum absolute atomic E-state index is 0.139. The van der Waals surface area contributed by atoms with E-state index in [0.29, 0.717) is 11.7 Å². The summed E-state index contributed by atoms with van der Waals surface area (Å²) in [7, 11) is -2.87. The average Bonchev–Trinajstić information content (AvgIpc) is 2.33. The Hall–Kier alpha value is -0.0900. The largest absolute Gasteiger partial charge is 0.313 e. The predicted octanol–water partition coefficient (Wildman–Crippen LogP) is 3.15. The summed E-state index contributed by atoms with van der Waals surface area (Å²) in [6.45, 7) is 7.52. The lowest BCUT2D eigenvalue weighted by atomic mass is 9.98. The Kier molecular flexibility index (Phi) is 7.37. The van der Waals surface area contributed by atoms with Crippen LogP contribution >= 0.6 is 0 Å². The van der Waals surface area contributed by atoms with Crippen LogP contribution in [-0.2, 0) is 9.84 Å². The highest BCUT2D eigenvalue weighted by atomic mass is 32.2. The van der Waals surface area contributed by atoms with Gasteiger partial charge in [0.25, 0.3) is 0 Å². The topological polar surface area (TPSA) is 46.2 Å². The summed E-state index contributed by atoms with van der Waals surface area (Å²) < 4.78 is 24.5. The lowest BCUT2D eigenvalue weighted by Crippen LogP contribution is -2.46. The number of hydrogen-bond donors (Lipinski definition) is 1. The predicted molar refractivity (Wildman–Crippen MR) is 82.2 cm³/mol. The summed E-state index contributed by atoms with van der Waals surface area (Å²) in [5, 5.41) is 3.35. The zero-order valence-corrected chi connectivity index (χ0v) is 13.6. The van der Waals surface area contributed by atoms with E-state index in [9.17, 15) is 8.42 Å². The molecule has 0 aromatic carbocycles. The van der Waals surface area contributed by atoms with Gasteiger partial charge < -0.3 is 5.32 Å². The molecule has 4 heteroatoms. The number of hydrogen-bond acceptors (Lipinski definition) is 3. The first-order chi connectivity index (χ1) is 8.97. The van der Waals surface area contributed by atoms with Crippen molar-refractivity contribution in [2.24, 2.45) is 5.92 Å². The third kappa shape index (κ3) is 5.82. The van der Waals surface area contributed by atoms with Crippen LogP contribution in [0.2, 0.25) is 0 Å². The monoisotopic (exact) mass is 289 g/mol. The first kappa shape index (κ1) is 17.0. The summed E-state index contributed by atoms with van der Waals surface area (Å²) in [6.07, 6.45) is 7.16. The highest BCUT2D eigenvalue weighted by molar-refractivity contribution is 7.92. The molecular formula is C15H31NO2S. The van der Waals surface area contributed by atoms with Gasteiger partial charge in [-0.3, -0.25) is 0 Å². The Morgan fingerprint density at radius 3 is 2.53 bits per heavy atom. The molecule has 0 radical (unpaired) electrons. The molecule has 1 N–H and O–H groups in total. The number of nitrogens with one attached hydrogen (secondary N) is 1. The van der Waals surface area contributed by atoms with E-state index in [1.807, 2.05) is 0 Å². The molecule has 19 heavy (non-hydrogen) atoms. The summed E-state index contributed by atoms with van der Waals surface area (Å²) >= 11 is 0. The third-order valence-electron chi connectivity index (χ3n) is 4.03. The molecule has 114 valence electrons. The van der Waals surface area contributed by atoms with Crippen LogP contribution in [0.1, 0.15) is 65.7 Å². The molecule has 0 aromatic rings. The summed E-state index contributed by atoms with van der Waals surface area (Å²) in [6, 6.07) is 0.170. The number of rotatable bonds is 8. The van der Waals surface area contributed by atoms with Gasteiger partial charge >= 0.3 is 0 Å². The van der Waals surface area contributed by atoms with Crippen LogP contribution in [-0.4, -0.2) is 32.0 Å². The van der Waals surface area contributed by atoms with Gasteiger partial charge in [0.05, 0.1) is 11.0 Å². The van der Waals surface area contributed by atoms with Gasteiger partial charge in [0.2, 0.25) is 0 Å². The van der Waals surface area contributed by atoms with Crippen LogP contribution in [0.4, 0.5) is 0 Å². The molecule has 0 bridgehead atoms. The minimum Gasteiger partial charge on any atom is -0.313 e. The Labute approximate surface area is 119 Å². The Morgan fingerprint density at radius 1 is 1.21 bits per heavy atom. The first-order valence-corrected chi connectivity index (χ1v) is 9.64. The molecule has 0 aliphatic carbocycles. The van der Waals surface area contributed by atoms with E-state index in [4.69, 9.17) is 0 Å². The highest BCUT2D eigenvalue weighted by Gasteiger charge is 2.34. The van der Waals surface area contributed by atoms with Gasteiger partial charge in [-0.15, -0.1) is 0 Å². The van der Waals surface area contributed by atoms with Crippen LogP contribution in [0.25, 0.3) is 0 Å². The highest BCUT2D eigenvalue weighted by Crippen LogP contribution is 2.25. The molecule has 1 aliphatic rings. The molecule has 0 spiro atoms. The normalized spacial score (nSPS) is 24.5. The number of sulfone groups is 1. The van der Waals surface area contributed by atoms with Crippen molar-refractivity contribution >= 4 is 9.84 Å². The maximum absolute atomic E-state index is 12.2. The van der Waals surface area contributed by atoms with Crippen molar-refractivity contribution < 1.29 is 8.42 Å².